The molecule has 21 heavy (non-hydrogen) atoms. The molecule has 0 aromatic heterocycles. The zero-order valence-electron chi connectivity index (χ0n) is 12.4. The second kappa shape index (κ2) is 9.77. The van der Waals surface area contributed by atoms with Crippen molar-refractivity contribution in [3.8, 4) is 5.75 Å². The summed E-state index contributed by atoms with van der Waals surface area (Å²) >= 11 is 0. The monoisotopic (exact) mass is 295 g/mol. The third-order valence-corrected chi connectivity index (χ3v) is 2.56. The van der Waals surface area contributed by atoms with Crippen LogP contribution < -0.4 is 10.1 Å². The number of carbonyl (C=O) groups is 2. The lowest BCUT2D eigenvalue weighted by Gasteiger charge is -2.07. The predicted molar refractivity (Wildman–Crippen MR) is 78.3 cm³/mol. The largest absolute Gasteiger partial charge is 0.494 e. The van der Waals surface area contributed by atoms with E-state index in [1.54, 1.807) is 24.3 Å². The normalized spacial score (nSPS) is 10.0. The molecule has 0 spiro atoms. The number of hydrogen-bond donors (Lipinski definition) is 1. The van der Waals surface area contributed by atoms with Crippen LogP contribution in [0.15, 0.2) is 24.3 Å². The molecule has 0 saturated heterocycles. The second-order valence-corrected chi connectivity index (χ2v) is 4.22. The smallest absolute Gasteiger partial charge is 0.306 e. The summed E-state index contributed by atoms with van der Waals surface area (Å²) in [7, 11) is 1.53. The molecule has 1 amide bonds. The van der Waals surface area contributed by atoms with Gasteiger partial charge in [0.05, 0.1) is 19.6 Å². The number of amides is 1. The van der Waals surface area contributed by atoms with Crippen molar-refractivity contribution in [2.24, 2.45) is 0 Å². The topological polar surface area (TPSA) is 73.9 Å². The van der Waals surface area contributed by atoms with Gasteiger partial charge in [-0.15, -0.1) is 0 Å². The van der Waals surface area contributed by atoms with Gasteiger partial charge in [0.1, 0.15) is 12.4 Å². The summed E-state index contributed by atoms with van der Waals surface area (Å²) in [4.78, 5) is 23.0. The molecule has 1 N–H and O–H groups in total. The van der Waals surface area contributed by atoms with Gasteiger partial charge < -0.3 is 19.5 Å². The van der Waals surface area contributed by atoms with E-state index in [1.807, 2.05) is 6.92 Å². The maximum absolute atomic E-state index is 11.7. The Morgan fingerprint density at radius 3 is 2.43 bits per heavy atom. The summed E-state index contributed by atoms with van der Waals surface area (Å²) < 4.78 is 14.9. The van der Waals surface area contributed by atoms with E-state index < -0.39 is 5.97 Å². The Labute approximate surface area is 124 Å². The van der Waals surface area contributed by atoms with Gasteiger partial charge >= 0.3 is 5.97 Å². The van der Waals surface area contributed by atoms with E-state index >= 15 is 0 Å². The van der Waals surface area contributed by atoms with Crippen molar-refractivity contribution in [2.45, 2.75) is 19.8 Å². The summed E-state index contributed by atoms with van der Waals surface area (Å²) in [6.45, 7) is 3.05. The van der Waals surface area contributed by atoms with Gasteiger partial charge in [-0.05, 0) is 31.2 Å². The molecule has 0 aliphatic carbocycles. The Balaban J connectivity index is 2.28. The number of carbonyl (C=O) groups excluding carboxylic acids is 2. The Bertz CT molecular complexity index is 444. The van der Waals surface area contributed by atoms with Crippen molar-refractivity contribution in [3.63, 3.8) is 0 Å². The fourth-order valence-electron chi connectivity index (χ4n) is 1.55. The Hall–Kier alpha value is -2.08. The summed E-state index contributed by atoms with van der Waals surface area (Å²) in [6.07, 6.45) is 0.131. The van der Waals surface area contributed by atoms with E-state index in [0.29, 0.717) is 18.9 Å². The molecule has 0 fully saturated rings. The minimum absolute atomic E-state index is 0.0482. The molecule has 1 rings (SSSR count). The molecule has 116 valence electrons. The van der Waals surface area contributed by atoms with Gasteiger partial charge in [0.25, 0.3) is 0 Å². The maximum atomic E-state index is 11.7. The molecule has 6 nitrogen and oxygen atoms in total. The Kier molecular flexibility index (Phi) is 7.89. The molecular weight excluding hydrogens is 274 g/mol. The summed E-state index contributed by atoms with van der Waals surface area (Å²) in [5, 5.41) is 2.71. The Morgan fingerprint density at radius 1 is 1.10 bits per heavy atom. The molecule has 0 aliphatic heterocycles. The van der Waals surface area contributed by atoms with Crippen LogP contribution in [0, 0.1) is 0 Å². The van der Waals surface area contributed by atoms with Crippen LogP contribution >= 0.6 is 0 Å². The van der Waals surface area contributed by atoms with Gasteiger partial charge in [0, 0.05) is 19.2 Å². The number of methoxy groups -OCH3 is 1. The quantitative estimate of drug-likeness (QED) is 0.557. The second-order valence-electron chi connectivity index (χ2n) is 4.22. The van der Waals surface area contributed by atoms with Crippen molar-refractivity contribution in [3.05, 3.63) is 24.3 Å². The van der Waals surface area contributed by atoms with Crippen LogP contribution in [-0.4, -0.2) is 38.8 Å². The number of esters is 1. The van der Waals surface area contributed by atoms with Crippen LogP contribution in [0.3, 0.4) is 0 Å². The van der Waals surface area contributed by atoms with E-state index in [1.165, 1.54) is 7.11 Å². The van der Waals surface area contributed by atoms with Crippen LogP contribution in [0.1, 0.15) is 19.8 Å². The molecule has 0 atom stereocenters. The molecule has 0 heterocycles. The number of hydrogen-bond acceptors (Lipinski definition) is 5. The molecular formula is C15H21NO5. The lowest BCUT2D eigenvalue weighted by Crippen LogP contribution is -2.15. The van der Waals surface area contributed by atoms with Gasteiger partial charge in [-0.25, -0.2) is 0 Å². The van der Waals surface area contributed by atoms with Crippen LogP contribution in [-0.2, 0) is 19.1 Å². The highest BCUT2D eigenvalue weighted by molar-refractivity contribution is 5.92. The first kappa shape index (κ1) is 17.0. The van der Waals surface area contributed by atoms with Crippen LogP contribution in [0.25, 0.3) is 0 Å². The molecule has 1 aromatic carbocycles. The van der Waals surface area contributed by atoms with E-state index in [9.17, 15) is 9.59 Å². The van der Waals surface area contributed by atoms with E-state index in [0.717, 1.165) is 5.75 Å². The standard InChI is InChI=1S/C15H21NO5/c1-3-20-13-6-4-12(5-7-13)16-14(17)8-9-15(18)21-11-10-19-2/h4-7H,3,8-11H2,1-2H3,(H,16,17). The maximum Gasteiger partial charge on any atom is 0.306 e. The highest BCUT2D eigenvalue weighted by Gasteiger charge is 2.08. The van der Waals surface area contributed by atoms with Gasteiger partial charge in [-0.3, -0.25) is 9.59 Å². The zero-order valence-corrected chi connectivity index (χ0v) is 12.4. The van der Waals surface area contributed by atoms with Crippen LogP contribution in [0.4, 0.5) is 5.69 Å². The van der Waals surface area contributed by atoms with E-state index in [4.69, 9.17) is 14.2 Å². The van der Waals surface area contributed by atoms with Crippen LogP contribution in [0.2, 0.25) is 0 Å². The number of nitrogens with one attached hydrogen (secondary N) is 1. The zero-order chi connectivity index (χ0) is 15.5. The van der Waals surface area contributed by atoms with Crippen molar-refractivity contribution in [2.75, 3.05) is 32.2 Å². The van der Waals surface area contributed by atoms with Crippen molar-refractivity contribution >= 4 is 17.6 Å². The molecule has 6 heteroatoms. The highest BCUT2D eigenvalue weighted by Crippen LogP contribution is 2.15. The van der Waals surface area contributed by atoms with E-state index in [2.05, 4.69) is 5.32 Å². The van der Waals surface area contributed by atoms with Gasteiger partial charge in [-0.1, -0.05) is 0 Å². The molecule has 0 radical (unpaired) electrons. The first-order valence-corrected chi connectivity index (χ1v) is 6.83. The highest BCUT2D eigenvalue weighted by atomic mass is 16.6. The van der Waals surface area contributed by atoms with Crippen molar-refractivity contribution in [1.82, 2.24) is 0 Å². The Morgan fingerprint density at radius 2 is 1.81 bits per heavy atom. The predicted octanol–water partition coefficient (Wildman–Crippen LogP) is 1.99. The number of rotatable bonds is 9. The molecule has 0 aliphatic rings. The number of benzene rings is 1. The molecule has 0 unspecified atom stereocenters. The first-order valence-electron chi connectivity index (χ1n) is 6.83. The average Bonchev–Trinajstić information content (AvgIpc) is 2.48. The fourth-order valence-corrected chi connectivity index (χ4v) is 1.55. The third-order valence-electron chi connectivity index (χ3n) is 2.56. The minimum Gasteiger partial charge on any atom is -0.494 e. The summed E-state index contributed by atoms with van der Waals surface area (Å²) in [5.41, 5.74) is 0.663. The van der Waals surface area contributed by atoms with Gasteiger partial charge in [-0.2, -0.15) is 0 Å². The minimum atomic E-state index is -0.408. The molecule has 1 aromatic rings. The SMILES string of the molecule is CCOc1ccc(NC(=O)CCC(=O)OCCOC)cc1. The third kappa shape index (κ3) is 7.31. The molecule has 0 saturated carbocycles. The fraction of sp³-hybridized carbons (Fsp3) is 0.467. The number of anilines is 1. The summed E-state index contributed by atoms with van der Waals surface area (Å²) in [5.74, 6) is 0.106. The molecule has 0 bridgehead atoms. The lowest BCUT2D eigenvalue weighted by molar-refractivity contribution is -0.145. The van der Waals surface area contributed by atoms with Gasteiger partial charge in [0.2, 0.25) is 5.91 Å². The van der Waals surface area contributed by atoms with Crippen molar-refractivity contribution in [1.29, 1.82) is 0 Å². The number of ether oxygens (including phenoxy) is 3. The first-order chi connectivity index (χ1) is 10.2. The van der Waals surface area contributed by atoms with E-state index in [-0.39, 0.29) is 25.4 Å². The van der Waals surface area contributed by atoms with Gasteiger partial charge in [0.15, 0.2) is 0 Å². The summed E-state index contributed by atoms with van der Waals surface area (Å²) in [6, 6.07) is 7.05. The average molecular weight is 295 g/mol. The van der Waals surface area contributed by atoms with Crippen molar-refractivity contribution < 1.29 is 23.8 Å². The lowest BCUT2D eigenvalue weighted by atomic mass is 10.2. The van der Waals surface area contributed by atoms with Crippen LogP contribution in [0.5, 0.6) is 5.75 Å².